The van der Waals surface area contributed by atoms with Gasteiger partial charge in [-0.05, 0) is 42.7 Å². The summed E-state index contributed by atoms with van der Waals surface area (Å²) in [6.07, 6.45) is 4.52. The number of H-pyrrole nitrogens is 1. The maximum absolute atomic E-state index is 12.9. The van der Waals surface area contributed by atoms with E-state index in [4.69, 9.17) is 0 Å². The van der Waals surface area contributed by atoms with E-state index in [1.54, 1.807) is 23.2 Å². The van der Waals surface area contributed by atoms with Crippen molar-refractivity contribution < 1.29 is 9.18 Å². The zero-order chi connectivity index (χ0) is 13.2. The van der Waals surface area contributed by atoms with Gasteiger partial charge >= 0.3 is 0 Å². The Kier molecular flexibility index (Phi) is 3.03. The summed E-state index contributed by atoms with van der Waals surface area (Å²) in [4.78, 5) is 20.3. The van der Waals surface area contributed by atoms with Crippen LogP contribution in [0.15, 0.2) is 30.5 Å². The van der Waals surface area contributed by atoms with E-state index in [1.807, 2.05) is 0 Å². The van der Waals surface area contributed by atoms with E-state index in [9.17, 15) is 9.18 Å². The van der Waals surface area contributed by atoms with Crippen molar-refractivity contribution in [3.63, 3.8) is 0 Å². The van der Waals surface area contributed by atoms with Crippen LogP contribution < -0.4 is 0 Å². The van der Waals surface area contributed by atoms with Crippen LogP contribution >= 0.6 is 0 Å². The standard InChI is InChI=1S/C14H14FN3O/c15-11-5-3-10(4-6-11)12-8-16-14(17-12)13-2-1-7-18(13)9-19/h3-6,8-9,13H,1-2,7H2,(H,16,17). The van der Waals surface area contributed by atoms with Crippen LogP contribution in [0.3, 0.4) is 0 Å². The first-order chi connectivity index (χ1) is 9.28. The van der Waals surface area contributed by atoms with Gasteiger partial charge in [0.2, 0.25) is 6.41 Å². The van der Waals surface area contributed by atoms with Gasteiger partial charge in [-0.2, -0.15) is 0 Å². The highest BCUT2D eigenvalue weighted by atomic mass is 19.1. The fourth-order valence-corrected chi connectivity index (χ4v) is 2.49. The number of halogens is 1. The highest BCUT2D eigenvalue weighted by molar-refractivity contribution is 5.58. The number of nitrogens with zero attached hydrogens (tertiary/aromatic N) is 2. The quantitative estimate of drug-likeness (QED) is 0.861. The van der Waals surface area contributed by atoms with Gasteiger partial charge in [0.25, 0.3) is 0 Å². The molecule has 1 fully saturated rings. The molecule has 1 amide bonds. The molecule has 0 aliphatic carbocycles. The molecule has 0 saturated carbocycles. The molecule has 4 nitrogen and oxygen atoms in total. The number of carbonyl (C=O) groups excluding carboxylic acids is 1. The molecule has 98 valence electrons. The maximum Gasteiger partial charge on any atom is 0.210 e. The second-order valence-corrected chi connectivity index (χ2v) is 4.69. The fourth-order valence-electron chi connectivity index (χ4n) is 2.49. The van der Waals surface area contributed by atoms with Crippen LogP contribution in [0.1, 0.15) is 24.7 Å². The van der Waals surface area contributed by atoms with Crippen molar-refractivity contribution in [3.05, 3.63) is 42.1 Å². The van der Waals surface area contributed by atoms with Crippen LogP contribution in [0.5, 0.6) is 0 Å². The monoisotopic (exact) mass is 259 g/mol. The molecule has 1 N–H and O–H groups in total. The van der Waals surface area contributed by atoms with E-state index >= 15 is 0 Å². The molecule has 1 saturated heterocycles. The lowest BCUT2D eigenvalue weighted by molar-refractivity contribution is -0.119. The first-order valence-corrected chi connectivity index (χ1v) is 6.30. The van der Waals surface area contributed by atoms with Gasteiger partial charge in [0.05, 0.1) is 17.9 Å². The minimum atomic E-state index is -0.258. The molecule has 19 heavy (non-hydrogen) atoms. The summed E-state index contributed by atoms with van der Waals surface area (Å²) in [7, 11) is 0. The van der Waals surface area contributed by atoms with E-state index in [0.29, 0.717) is 0 Å². The Morgan fingerprint density at radius 3 is 2.89 bits per heavy atom. The van der Waals surface area contributed by atoms with E-state index in [-0.39, 0.29) is 11.9 Å². The summed E-state index contributed by atoms with van der Waals surface area (Å²) in [5.41, 5.74) is 1.73. The minimum Gasteiger partial charge on any atom is -0.340 e. The molecule has 3 rings (SSSR count). The third-order valence-electron chi connectivity index (χ3n) is 3.50. The van der Waals surface area contributed by atoms with Crippen LogP contribution in [0.4, 0.5) is 4.39 Å². The lowest BCUT2D eigenvalue weighted by Gasteiger charge is -2.17. The van der Waals surface area contributed by atoms with Crippen molar-refractivity contribution in [2.45, 2.75) is 18.9 Å². The highest BCUT2D eigenvalue weighted by Gasteiger charge is 2.26. The Balaban J connectivity index is 1.87. The summed E-state index contributed by atoms with van der Waals surface area (Å²) in [6, 6.07) is 6.29. The van der Waals surface area contributed by atoms with Gasteiger partial charge in [0.1, 0.15) is 11.6 Å². The molecule has 0 radical (unpaired) electrons. The summed E-state index contributed by atoms with van der Waals surface area (Å²) in [5, 5.41) is 0. The number of amides is 1. The maximum atomic E-state index is 12.9. The predicted octanol–water partition coefficient (Wildman–Crippen LogP) is 2.51. The average molecular weight is 259 g/mol. The van der Waals surface area contributed by atoms with Gasteiger partial charge in [-0.25, -0.2) is 9.37 Å². The number of aromatic nitrogens is 2. The van der Waals surface area contributed by atoms with Crippen molar-refractivity contribution in [1.82, 2.24) is 14.9 Å². The second-order valence-electron chi connectivity index (χ2n) is 4.69. The molecular weight excluding hydrogens is 245 g/mol. The Morgan fingerprint density at radius 2 is 2.16 bits per heavy atom. The van der Waals surface area contributed by atoms with Crippen LogP contribution in [-0.2, 0) is 4.79 Å². The summed E-state index contributed by atoms with van der Waals surface area (Å²) in [5.74, 6) is 0.537. The second kappa shape index (κ2) is 4.84. The van der Waals surface area contributed by atoms with Crippen LogP contribution in [-0.4, -0.2) is 27.8 Å². The first-order valence-electron chi connectivity index (χ1n) is 6.30. The van der Waals surface area contributed by atoms with Crippen molar-refractivity contribution in [3.8, 4) is 11.3 Å². The van der Waals surface area contributed by atoms with E-state index in [0.717, 1.165) is 42.9 Å². The number of rotatable bonds is 3. The lowest BCUT2D eigenvalue weighted by Crippen LogP contribution is -2.21. The third kappa shape index (κ3) is 2.23. The summed E-state index contributed by atoms with van der Waals surface area (Å²) >= 11 is 0. The Hall–Kier alpha value is -2.17. The molecule has 1 aliphatic heterocycles. The van der Waals surface area contributed by atoms with Crippen LogP contribution in [0.2, 0.25) is 0 Å². The lowest BCUT2D eigenvalue weighted by atomic mass is 10.2. The average Bonchev–Trinajstić information content (AvgIpc) is 3.07. The Labute approximate surface area is 110 Å². The minimum absolute atomic E-state index is 0.0340. The van der Waals surface area contributed by atoms with Gasteiger partial charge in [0, 0.05) is 6.54 Å². The predicted molar refractivity (Wildman–Crippen MR) is 68.7 cm³/mol. The highest BCUT2D eigenvalue weighted by Crippen LogP contribution is 2.30. The smallest absolute Gasteiger partial charge is 0.210 e. The number of carbonyl (C=O) groups is 1. The summed E-state index contributed by atoms with van der Waals surface area (Å²) in [6.45, 7) is 0.779. The fraction of sp³-hybridized carbons (Fsp3) is 0.286. The number of hydrogen-bond acceptors (Lipinski definition) is 2. The number of benzene rings is 1. The van der Waals surface area contributed by atoms with Crippen molar-refractivity contribution in [2.24, 2.45) is 0 Å². The molecular formula is C14H14FN3O. The number of aromatic amines is 1. The normalized spacial score (nSPS) is 18.8. The van der Waals surface area contributed by atoms with Crippen molar-refractivity contribution in [1.29, 1.82) is 0 Å². The van der Waals surface area contributed by atoms with Crippen molar-refractivity contribution in [2.75, 3.05) is 6.54 Å². The largest absolute Gasteiger partial charge is 0.340 e. The zero-order valence-corrected chi connectivity index (χ0v) is 10.3. The van der Waals surface area contributed by atoms with Gasteiger partial charge < -0.3 is 9.88 Å². The number of imidazole rings is 1. The van der Waals surface area contributed by atoms with Gasteiger partial charge in [-0.15, -0.1) is 0 Å². The molecule has 1 aromatic carbocycles. The zero-order valence-electron chi connectivity index (χ0n) is 10.3. The molecule has 0 spiro atoms. The molecule has 2 heterocycles. The molecule has 1 aromatic heterocycles. The van der Waals surface area contributed by atoms with Crippen LogP contribution in [0, 0.1) is 5.82 Å². The molecule has 5 heteroatoms. The topological polar surface area (TPSA) is 49.0 Å². The molecule has 2 aromatic rings. The molecule has 0 bridgehead atoms. The molecule has 1 aliphatic rings. The SMILES string of the molecule is O=CN1CCCC1c1ncc(-c2ccc(F)cc2)[nH]1. The molecule has 1 unspecified atom stereocenters. The number of hydrogen-bond donors (Lipinski definition) is 1. The first kappa shape index (κ1) is 11.9. The Morgan fingerprint density at radius 1 is 1.37 bits per heavy atom. The van der Waals surface area contributed by atoms with E-state index < -0.39 is 0 Å². The Bertz CT molecular complexity index is 579. The van der Waals surface area contributed by atoms with Gasteiger partial charge in [0.15, 0.2) is 0 Å². The van der Waals surface area contributed by atoms with Crippen molar-refractivity contribution >= 4 is 6.41 Å². The van der Waals surface area contributed by atoms with Crippen LogP contribution in [0.25, 0.3) is 11.3 Å². The summed E-state index contributed by atoms with van der Waals surface area (Å²) < 4.78 is 12.9. The van der Waals surface area contributed by atoms with Gasteiger partial charge in [-0.1, -0.05) is 0 Å². The number of likely N-dealkylation sites (tertiary alicyclic amines) is 1. The van der Waals surface area contributed by atoms with E-state index in [2.05, 4.69) is 9.97 Å². The number of nitrogens with one attached hydrogen (secondary N) is 1. The van der Waals surface area contributed by atoms with Gasteiger partial charge in [-0.3, -0.25) is 4.79 Å². The van der Waals surface area contributed by atoms with E-state index in [1.165, 1.54) is 12.1 Å². The molecule has 1 atom stereocenters. The third-order valence-corrected chi connectivity index (χ3v) is 3.50.